The Morgan fingerprint density at radius 3 is 2.46 bits per heavy atom. The van der Waals surface area contributed by atoms with Gasteiger partial charge in [0.05, 0.1) is 0 Å². The number of rotatable bonds is 5. The maximum Gasteiger partial charge on any atom is 0.508 e. The molecule has 0 aromatic rings. The smallest absolute Gasteiger partial charge is 0.431 e. The predicted octanol–water partition coefficient (Wildman–Crippen LogP) is 2.94. The van der Waals surface area contributed by atoms with Gasteiger partial charge in [0.2, 0.25) is 0 Å². The van der Waals surface area contributed by atoms with Crippen molar-refractivity contribution in [2.45, 2.75) is 52.7 Å². The summed E-state index contributed by atoms with van der Waals surface area (Å²) in [4.78, 5) is 11.0. The van der Waals surface area contributed by atoms with Gasteiger partial charge in [0.15, 0.2) is 0 Å². The third kappa shape index (κ3) is 6.43. The van der Waals surface area contributed by atoms with Crippen LogP contribution < -0.4 is 0 Å². The average molecular weight is 187 g/mol. The molecule has 0 aromatic carbocycles. The van der Waals surface area contributed by atoms with Crippen LogP contribution >= 0.6 is 0 Å². The van der Waals surface area contributed by atoms with E-state index in [9.17, 15) is 4.79 Å². The molecule has 0 saturated heterocycles. The molecule has 0 fully saturated rings. The third-order valence-electron chi connectivity index (χ3n) is 1.74. The fraction of sp³-hybridized carbons (Fsp3) is 0.800. The second kappa shape index (κ2) is 6.75. The van der Waals surface area contributed by atoms with Gasteiger partial charge in [-0.05, 0) is 26.7 Å². The van der Waals surface area contributed by atoms with E-state index in [2.05, 4.69) is 0 Å². The highest BCUT2D eigenvalue weighted by molar-refractivity contribution is 5.60. The monoisotopic (exact) mass is 187 g/mol. The summed E-state index contributed by atoms with van der Waals surface area (Å²) in [6.45, 7) is 7.55. The van der Waals surface area contributed by atoms with Crippen LogP contribution in [0.5, 0.6) is 0 Å². The molecule has 0 aliphatic heterocycles. The van der Waals surface area contributed by atoms with Gasteiger partial charge in [0, 0.05) is 0 Å². The van der Waals surface area contributed by atoms with Crippen molar-refractivity contribution >= 4 is 6.16 Å². The molecule has 13 heavy (non-hydrogen) atoms. The molecule has 0 aliphatic carbocycles. The lowest BCUT2D eigenvalue weighted by atomic mass is 10.2. The van der Waals surface area contributed by atoms with Crippen LogP contribution in [0.25, 0.3) is 0 Å². The molecule has 0 saturated carbocycles. The van der Waals surface area contributed by atoms with Crippen molar-refractivity contribution < 1.29 is 14.3 Å². The summed E-state index contributed by atoms with van der Waals surface area (Å²) in [5.41, 5.74) is 0. The van der Waals surface area contributed by atoms with Crippen LogP contribution in [-0.4, -0.2) is 18.4 Å². The van der Waals surface area contributed by atoms with E-state index in [0.717, 1.165) is 12.8 Å². The van der Waals surface area contributed by atoms with Crippen molar-refractivity contribution in [2.24, 2.45) is 0 Å². The van der Waals surface area contributed by atoms with Gasteiger partial charge >= 0.3 is 6.16 Å². The first kappa shape index (κ1) is 12.3. The third-order valence-corrected chi connectivity index (χ3v) is 1.74. The Morgan fingerprint density at radius 2 is 2.00 bits per heavy atom. The van der Waals surface area contributed by atoms with Gasteiger partial charge in [0.25, 0.3) is 0 Å². The SMILES string of the molecule is C[CH][C@H](C)OC(=O)O[C@@H](C)CCC. The van der Waals surface area contributed by atoms with Crippen LogP contribution in [0, 0.1) is 6.42 Å². The van der Waals surface area contributed by atoms with E-state index in [1.165, 1.54) is 0 Å². The first-order valence-electron chi connectivity index (χ1n) is 4.76. The minimum absolute atomic E-state index is 0.0541. The van der Waals surface area contributed by atoms with E-state index in [-0.39, 0.29) is 12.2 Å². The standard InChI is InChI=1S/C10H19O3/c1-5-7-9(4)13-10(11)12-8(3)6-2/h6,8-9H,5,7H2,1-4H3/t8-,9-/m0/s1. The summed E-state index contributed by atoms with van der Waals surface area (Å²) in [7, 11) is 0. The van der Waals surface area contributed by atoms with Crippen molar-refractivity contribution in [1.82, 2.24) is 0 Å². The first-order chi connectivity index (χ1) is 6.10. The van der Waals surface area contributed by atoms with Gasteiger partial charge in [-0.2, -0.15) is 0 Å². The van der Waals surface area contributed by atoms with E-state index in [1.54, 1.807) is 13.3 Å². The predicted molar refractivity (Wildman–Crippen MR) is 51.4 cm³/mol. The average Bonchev–Trinajstić information content (AvgIpc) is 2.04. The Morgan fingerprint density at radius 1 is 1.38 bits per heavy atom. The maximum absolute atomic E-state index is 11.0. The topological polar surface area (TPSA) is 35.5 Å². The van der Waals surface area contributed by atoms with Crippen LogP contribution in [0.2, 0.25) is 0 Å². The Kier molecular flexibility index (Phi) is 6.37. The summed E-state index contributed by atoms with van der Waals surface area (Å²) in [5, 5.41) is 0. The summed E-state index contributed by atoms with van der Waals surface area (Å²) < 4.78 is 9.88. The maximum atomic E-state index is 11.0. The van der Waals surface area contributed by atoms with Gasteiger partial charge in [-0.25, -0.2) is 4.79 Å². The molecule has 0 unspecified atom stereocenters. The van der Waals surface area contributed by atoms with Crippen LogP contribution in [0.4, 0.5) is 4.79 Å². The lowest BCUT2D eigenvalue weighted by molar-refractivity contribution is 0.0127. The van der Waals surface area contributed by atoms with E-state index in [1.807, 2.05) is 20.8 Å². The zero-order chi connectivity index (χ0) is 10.3. The van der Waals surface area contributed by atoms with Crippen LogP contribution in [-0.2, 0) is 9.47 Å². The zero-order valence-electron chi connectivity index (χ0n) is 8.87. The fourth-order valence-corrected chi connectivity index (χ4v) is 0.877. The van der Waals surface area contributed by atoms with Crippen molar-refractivity contribution in [3.63, 3.8) is 0 Å². The van der Waals surface area contributed by atoms with Crippen LogP contribution in [0.1, 0.15) is 40.5 Å². The number of hydrogen-bond acceptors (Lipinski definition) is 3. The zero-order valence-corrected chi connectivity index (χ0v) is 8.87. The van der Waals surface area contributed by atoms with Gasteiger partial charge < -0.3 is 9.47 Å². The Hall–Kier alpha value is -0.730. The summed E-state index contributed by atoms with van der Waals surface area (Å²) in [6.07, 6.45) is 2.86. The molecule has 0 spiro atoms. The molecule has 1 radical (unpaired) electrons. The number of carbonyl (C=O) groups is 1. The van der Waals surface area contributed by atoms with Gasteiger partial charge in [0.1, 0.15) is 12.2 Å². The second-order valence-electron chi connectivity index (χ2n) is 3.12. The molecule has 3 nitrogen and oxygen atoms in total. The molecule has 0 heterocycles. The number of carbonyl (C=O) groups excluding carboxylic acids is 1. The highest BCUT2D eigenvalue weighted by Crippen LogP contribution is 2.04. The van der Waals surface area contributed by atoms with Gasteiger partial charge in [-0.3, -0.25) is 0 Å². The molecule has 77 valence electrons. The molecule has 2 atom stereocenters. The first-order valence-corrected chi connectivity index (χ1v) is 4.76. The van der Waals surface area contributed by atoms with E-state index < -0.39 is 6.16 Å². The van der Waals surface area contributed by atoms with Crippen molar-refractivity contribution in [1.29, 1.82) is 0 Å². The molecule has 3 heteroatoms. The van der Waals surface area contributed by atoms with Gasteiger partial charge in [-0.15, -0.1) is 0 Å². The Bertz CT molecular complexity index is 145. The molecule has 0 amide bonds. The van der Waals surface area contributed by atoms with E-state index >= 15 is 0 Å². The Balaban J connectivity index is 3.61. The van der Waals surface area contributed by atoms with Crippen LogP contribution in [0.3, 0.4) is 0 Å². The molecule has 0 aromatic heterocycles. The lowest BCUT2D eigenvalue weighted by Crippen LogP contribution is -2.20. The minimum Gasteiger partial charge on any atom is -0.431 e. The van der Waals surface area contributed by atoms with Crippen molar-refractivity contribution in [3.05, 3.63) is 6.42 Å². The second-order valence-corrected chi connectivity index (χ2v) is 3.12. The number of hydrogen-bond donors (Lipinski definition) is 0. The summed E-state index contributed by atoms with van der Waals surface area (Å²) in [6, 6.07) is 0. The molecule has 0 aliphatic rings. The van der Waals surface area contributed by atoms with Crippen LogP contribution in [0.15, 0.2) is 0 Å². The minimum atomic E-state index is -0.577. The fourth-order valence-electron chi connectivity index (χ4n) is 0.877. The highest BCUT2D eigenvalue weighted by Gasteiger charge is 2.12. The van der Waals surface area contributed by atoms with Crippen molar-refractivity contribution in [2.75, 3.05) is 0 Å². The molecule has 0 N–H and O–H groups in total. The van der Waals surface area contributed by atoms with Gasteiger partial charge in [-0.1, -0.05) is 20.3 Å². The quantitative estimate of drug-likeness (QED) is 0.621. The summed E-state index contributed by atoms with van der Waals surface area (Å²) in [5.74, 6) is 0. The molecular weight excluding hydrogens is 168 g/mol. The summed E-state index contributed by atoms with van der Waals surface area (Å²) >= 11 is 0. The lowest BCUT2D eigenvalue weighted by Gasteiger charge is -2.14. The number of ether oxygens (including phenoxy) is 2. The Labute approximate surface area is 80.4 Å². The van der Waals surface area contributed by atoms with Crippen molar-refractivity contribution in [3.8, 4) is 0 Å². The van der Waals surface area contributed by atoms with E-state index in [4.69, 9.17) is 9.47 Å². The van der Waals surface area contributed by atoms with E-state index in [0.29, 0.717) is 0 Å². The molecular formula is C10H19O3. The largest absolute Gasteiger partial charge is 0.508 e. The molecule has 0 bridgehead atoms. The normalized spacial score (nSPS) is 14.8. The highest BCUT2D eigenvalue weighted by atomic mass is 16.7. The molecule has 0 rings (SSSR count).